The molecule has 1 rings (SSSR count). The van der Waals surface area contributed by atoms with E-state index in [9.17, 15) is 4.39 Å². The highest BCUT2D eigenvalue weighted by Gasteiger charge is 2.36. The summed E-state index contributed by atoms with van der Waals surface area (Å²) < 4.78 is 13.5. The van der Waals surface area contributed by atoms with Gasteiger partial charge in [-0.05, 0) is 32.6 Å². The van der Waals surface area contributed by atoms with Gasteiger partial charge in [0.1, 0.15) is 5.67 Å². The Kier molecular flexibility index (Phi) is 3.10. The van der Waals surface area contributed by atoms with Crippen LogP contribution in [0.5, 0.6) is 0 Å². The van der Waals surface area contributed by atoms with E-state index in [2.05, 4.69) is 0 Å². The number of hydrogen-bond donors (Lipinski definition) is 1. The molecule has 0 aliphatic heterocycles. The van der Waals surface area contributed by atoms with E-state index >= 15 is 0 Å². The second-order valence-corrected chi connectivity index (χ2v) is 4.40. The van der Waals surface area contributed by atoms with Crippen LogP contribution in [-0.4, -0.2) is 17.4 Å². The standard InChI is InChI=1S/C10H19FO/c1-10(2,11)9(7-12)8-5-3-4-6-8/h8-9,12H,3-7H2,1-2H3. The van der Waals surface area contributed by atoms with Crippen LogP contribution in [0, 0.1) is 11.8 Å². The van der Waals surface area contributed by atoms with Crippen molar-refractivity contribution in [1.82, 2.24) is 0 Å². The largest absolute Gasteiger partial charge is 0.396 e. The smallest absolute Gasteiger partial charge is 0.110 e. The number of aliphatic hydroxyl groups is 1. The Morgan fingerprint density at radius 3 is 2.25 bits per heavy atom. The van der Waals surface area contributed by atoms with Crippen molar-refractivity contribution >= 4 is 0 Å². The summed E-state index contributed by atoms with van der Waals surface area (Å²) in [4.78, 5) is 0. The van der Waals surface area contributed by atoms with E-state index in [4.69, 9.17) is 5.11 Å². The van der Waals surface area contributed by atoms with Crippen molar-refractivity contribution in [3.63, 3.8) is 0 Å². The van der Waals surface area contributed by atoms with E-state index in [1.54, 1.807) is 13.8 Å². The summed E-state index contributed by atoms with van der Waals surface area (Å²) in [5, 5.41) is 9.08. The fourth-order valence-electron chi connectivity index (χ4n) is 2.29. The molecule has 1 aliphatic rings. The molecule has 1 aliphatic carbocycles. The average Bonchev–Trinajstić information content (AvgIpc) is 2.38. The predicted octanol–water partition coefficient (Wildman–Crippen LogP) is 2.53. The highest BCUT2D eigenvalue weighted by molar-refractivity contribution is 4.85. The van der Waals surface area contributed by atoms with Gasteiger partial charge in [-0.25, -0.2) is 4.39 Å². The maximum absolute atomic E-state index is 13.5. The van der Waals surface area contributed by atoms with Crippen molar-refractivity contribution in [3.05, 3.63) is 0 Å². The molecule has 0 radical (unpaired) electrons. The van der Waals surface area contributed by atoms with Crippen molar-refractivity contribution in [2.75, 3.05) is 6.61 Å². The third-order valence-corrected chi connectivity index (χ3v) is 3.05. The van der Waals surface area contributed by atoms with Crippen LogP contribution in [0.2, 0.25) is 0 Å². The maximum atomic E-state index is 13.5. The molecule has 1 atom stereocenters. The van der Waals surface area contributed by atoms with E-state index in [1.165, 1.54) is 12.8 Å². The lowest BCUT2D eigenvalue weighted by atomic mass is 9.81. The van der Waals surface area contributed by atoms with Gasteiger partial charge in [0.2, 0.25) is 0 Å². The lowest BCUT2D eigenvalue weighted by Gasteiger charge is -2.30. The third kappa shape index (κ3) is 2.19. The Morgan fingerprint density at radius 1 is 1.42 bits per heavy atom. The van der Waals surface area contributed by atoms with Gasteiger partial charge >= 0.3 is 0 Å². The quantitative estimate of drug-likeness (QED) is 0.697. The second kappa shape index (κ2) is 3.73. The van der Waals surface area contributed by atoms with Crippen LogP contribution in [0.4, 0.5) is 4.39 Å². The number of halogens is 1. The molecule has 0 aromatic heterocycles. The van der Waals surface area contributed by atoms with Gasteiger partial charge in [0, 0.05) is 12.5 Å². The molecule has 0 heterocycles. The van der Waals surface area contributed by atoms with Crippen LogP contribution < -0.4 is 0 Å². The summed E-state index contributed by atoms with van der Waals surface area (Å²) in [5.41, 5.74) is -1.22. The molecule has 72 valence electrons. The van der Waals surface area contributed by atoms with Crippen LogP contribution in [0.3, 0.4) is 0 Å². The SMILES string of the molecule is CC(C)(F)C(CO)C1CCCC1. The molecule has 0 aromatic rings. The van der Waals surface area contributed by atoms with Crippen molar-refractivity contribution in [3.8, 4) is 0 Å². The Balaban J connectivity index is 2.54. The van der Waals surface area contributed by atoms with Gasteiger partial charge < -0.3 is 5.11 Å². The molecule has 1 unspecified atom stereocenters. The number of aliphatic hydroxyl groups excluding tert-OH is 1. The molecule has 1 nitrogen and oxygen atoms in total. The molecular formula is C10H19FO. The summed E-state index contributed by atoms with van der Waals surface area (Å²) in [6, 6.07) is 0. The molecule has 0 aromatic carbocycles. The maximum Gasteiger partial charge on any atom is 0.110 e. The first-order valence-corrected chi connectivity index (χ1v) is 4.85. The molecular weight excluding hydrogens is 155 g/mol. The lowest BCUT2D eigenvalue weighted by Crippen LogP contribution is -2.34. The first-order valence-electron chi connectivity index (χ1n) is 4.85. The zero-order valence-electron chi connectivity index (χ0n) is 8.02. The zero-order chi connectivity index (χ0) is 9.19. The Bertz CT molecular complexity index is 133. The highest BCUT2D eigenvalue weighted by atomic mass is 19.1. The van der Waals surface area contributed by atoms with Crippen LogP contribution in [-0.2, 0) is 0 Å². The van der Waals surface area contributed by atoms with Gasteiger partial charge in [-0.3, -0.25) is 0 Å². The van der Waals surface area contributed by atoms with E-state index in [-0.39, 0.29) is 12.5 Å². The van der Waals surface area contributed by atoms with Gasteiger partial charge in [0.15, 0.2) is 0 Å². The Hall–Kier alpha value is -0.110. The fourth-order valence-corrected chi connectivity index (χ4v) is 2.29. The summed E-state index contributed by atoms with van der Waals surface area (Å²) >= 11 is 0. The van der Waals surface area contributed by atoms with Crippen molar-refractivity contribution in [1.29, 1.82) is 0 Å². The van der Waals surface area contributed by atoms with Gasteiger partial charge in [0.25, 0.3) is 0 Å². The lowest BCUT2D eigenvalue weighted by molar-refractivity contribution is 0.0336. The minimum absolute atomic E-state index is 0.00579. The summed E-state index contributed by atoms with van der Waals surface area (Å²) in [6.07, 6.45) is 4.60. The zero-order valence-corrected chi connectivity index (χ0v) is 8.02. The first-order chi connectivity index (χ1) is 5.55. The molecule has 1 saturated carbocycles. The van der Waals surface area contributed by atoms with E-state index in [0.29, 0.717) is 5.92 Å². The van der Waals surface area contributed by atoms with Gasteiger partial charge in [-0.15, -0.1) is 0 Å². The fraction of sp³-hybridized carbons (Fsp3) is 1.00. The van der Waals surface area contributed by atoms with Crippen LogP contribution in [0.25, 0.3) is 0 Å². The van der Waals surface area contributed by atoms with E-state index < -0.39 is 5.67 Å². The third-order valence-electron chi connectivity index (χ3n) is 3.05. The molecule has 2 heteroatoms. The predicted molar refractivity (Wildman–Crippen MR) is 47.7 cm³/mol. The molecule has 1 fully saturated rings. The topological polar surface area (TPSA) is 20.2 Å². The normalized spacial score (nSPS) is 23.0. The highest BCUT2D eigenvalue weighted by Crippen LogP contribution is 2.38. The molecule has 0 bridgehead atoms. The molecule has 0 saturated heterocycles. The summed E-state index contributed by atoms with van der Waals surface area (Å²) in [6.45, 7) is 3.15. The van der Waals surface area contributed by atoms with Crippen molar-refractivity contribution in [2.45, 2.75) is 45.2 Å². The minimum atomic E-state index is -1.22. The number of hydrogen-bond acceptors (Lipinski definition) is 1. The molecule has 1 N–H and O–H groups in total. The molecule has 12 heavy (non-hydrogen) atoms. The van der Waals surface area contributed by atoms with Gasteiger partial charge in [-0.1, -0.05) is 12.8 Å². The minimum Gasteiger partial charge on any atom is -0.396 e. The summed E-state index contributed by atoms with van der Waals surface area (Å²) in [5.74, 6) is 0.259. The van der Waals surface area contributed by atoms with Crippen LogP contribution >= 0.6 is 0 Å². The number of rotatable bonds is 3. The van der Waals surface area contributed by atoms with E-state index in [0.717, 1.165) is 12.8 Å². The van der Waals surface area contributed by atoms with Crippen molar-refractivity contribution in [2.24, 2.45) is 11.8 Å². The van der Waals surface area contributed by atoms with Gasteiger partial charge in [0.05, 0.1) is 0 Å². The van der Waals surface area contributed by atoms with Gasteiger partial charge in [-0.2, -0.15) is 0 Å². The first kappa shape index (κ1) is 9.97. The monoisotopic (exact) mass is 174 g/mol. The van der Waals surface area contributed by atoms with Crippen LogP contribution in [0.1, 0.15) is 39.5 Å². The van der Waals surface area contributed by atoms with Crippen LogP contribution in [0.15, 0.2) is 0 Å². The molecule has 0 amide bonds. The second-order valence-electron chi connectivity index (χ2n) is 4.40. The summed E-state index contributed by atoms with van der Waals surface area (Å²) in [7, 11) is 0. The Labute approximate surface area is 74.0 Å². The Morgan fingerprint density at radius 2 is 1.92 bits per heavy atom. The number of alkyl halides is 1. The van der Waals surface area contributed by atoms with E-state index in [1.807, 2.05) is 0 Å². The molecule has 0 spiro atoms. The van der Waals surface area contributed by atoms with Crippen molar-refractivity contribution < 1.29 is 9.50 Å². The average molecular weight is 174 g/mol.